The van der Waals surface area contributed by atoms with Gasteiger partial charge in [-0.05, 0) is 36.6 Å². The maximum Gasteiger partial charge on any atom is 0.338 e. The second-order valence-corrected chi connectivity index (χ2v) is 8.25. The number of nitrogens with one attached hydrogen (secondary N) is 1. The molecule has 0 heterocycles. The van der Waals surface area contributed by atoms with Crippen molar-refractivity contribution in [2.24, 2.45) is 17.3 Å². The van der Waals surface area contributed by atoms with Crippen molar-refractivity contribution in [2.75, 3.05) is 13.2 Å². The molecule has 1 N–H and O–H groups in total. The molecule has 1 fully saturated rings. The Morgan fingerprint density at radius 3 is 1.87 bits per heavy atom. The van der Waals surface area contributed by atoms with E-state index in [-0.39, 0.29) is 37.0 Å². The van der Waals surface area contributed by atoms with Gasteiger partial charge < -0.3 is 14.8 Å². The van der Waals surface area contributed by atoms with Gasteiger partial charge in [-0.2, -0.15) is 0 Å². The Bertz CT molecular complexity index is 930. The maximum atomic E-state index is 12.6. The molecule has 1 amide bonds. The first kappa shape index (κ1) is 20.8. The van der Waals surface area contributed by atoms with Crippen molar-refractivity contribution in [3.8, 4) is 0 Å². The van der Waals surface area contributed by atoms with Crippen molar-refractivity contribution >= 4 is 17.8 Å². The smallest absolute Gasteiger partial charge is 0.338 e. The summed E-state index contributed by atoms with van der Waals surface area (Å²) in [4.78, 5) is 36.8. The van der Waals surface area contributed by atoms with Crippen LogP contribution in [0.4, 0.5) is 0 Å². The molecule has 0 saturated heterocycles. The minimum Gasteiger partial charge on any atom is -0.461 e. The molecule has 6 heteroatoms. The summed E-state index contributed by atoms with van der Waals surface area (Å²) in [5, 5.41) is 3.01. The second kappa shape index (κ2) is 8.76. The summed E-state index contributed by atoms with van der Waals surface area (Å²) < 4.78 is 11.4. The third-order valence-corrected chi connectivity index (χ3v) is 6.13. The van der Waals surface area contributed by atoms with Gasteiger partial charge in [-0.15, -0.1) is 0 Å². The molecule has 2 aromatic carbocycles. The van der Waals surface area contributed by atoms with E-state index in [9.17, 15) is 14.4 Å². The lowest BCUT2D eigenvalue weighted by molar-refractivity contribution is -0.120. The van der Waals surface area contributed by atoms with Gasteiger partial charge in [0.25, 0.3) is 0 Å². The lowest BCUT2D eigenvalue weighted by Gasteiger charge is -2.35. The first-order valence-electron chi connectivity index (χ1n) is 10.4. The normalized spacial score (nSPS) is 22.7. The van der Waals surface area contributed by atoms with Gasteiger partial charge in [0.1, 0.15) is 13.2 Å². The molecular formula is C25H25NO5. The molecule has 2 aliphatic carbocycles. The first-order chi connectivity index (χ1) is 15.0. The van der Waals surface area contributed by atoms with Crippen LogP contribution in [-0.4, -0.2) is 37.1 Å². The largest absolute Gasteiger partial charge is 0.461 e. The zero-order valence-corrected chi connectivity index (χ0v) is 17.3. The fourth-order valence-electron chi connectivity index (χ4n) is 4.67. The molecule has 4 rings (SSSR count). The summed E-state index contributed by atoms with van der Waals surface area (Å²) in [6, 6.07) is 17.5. The van der Waals surface area contributed by atoms with E-state index in [4.69, 9.17) is 9.47 Å². The topological polar surface area (TPSA) is 81.7 Å². The molecule has 0 radical (unpaired) electrons. The summed E-state index contributed by atoms with van der Waals surface area (Å²) in [5.41, 5.74) is 0.341. The van der Waals surface area contributed by atoms with Crippen molar-refractivity contribution in [2.45, 2.75) is 19.4 Å². The lowest BCUT2D eigenvalue weighted by Crippen LogP contribution is -2.44. The number of esters is 2. The lowest BCUT2D eigenvalue weighted by atomic mass is 9.76. The van der Waals surface area contributed by atoms with Gasteiger partial charge in [0.15, 0.2) is 0 Å². The number of fused-ring (bicyclic) bond motifs is 2. The van der Waals surface area contributed by atoms with Crippen LogP contribution in [0.5, 0.6) is 0 Å². The van der Waals surface area contributed by atoms with Crippen molar-refractivity contribution in [3.05, 3.63) is 83.9 Å². The quantitative estimate of drug-likeness (QED) is 0.550. The van der Waals surface area contributed by atoms with E-state index in [1.165, 1.54) is 6.92 Å². The van der Waals surface area contributed by atoms with Gasteiger partial charge in [-0.25, -0.2) is 9.59 Å². The summed E-state index contributed by atoms with van der Waals surface area (Å²) in [7, 11) is 0. The molecule has 2 aromatic rings. The number of rotatable bonds is 7. The predicted octanol–water partition coefficient (Wildman–Crippen LogP) is 3.40. The van der Waals surface area contributed by atoms with Crippen LogP contribution >= 0.6 is 0 Å². The highest BCUT2D eigenvalue weighted by Gasteiger charge is 2.56. The molecule has 0 unspecified atom stereocenters. The van der Waals surface area contributed by atoms with Crippen LogP contribution in [0, 0.1) is 17.3 Å². The van der Waals surface area contributed by atoms with Crippen LogP contribution in [0.2, 0.25) is 0 Å². The third-order valence-electron chi connectivity index (χ3n) is 6.13. The van der Waals surface area contributed by atoms with E-state index in [1.807, 2.05) is 18.2 Å². The zero-order valence-electron chi connectivity index (χ0n) is 17.3. The standard InChI is InChI=1S/C25H25NO5/c1-17(27)26-22-20-12-13-21(22)25(14-20,15-30-23(28)18-8-4-2-5-9-18)16-31-24(29)19-10-6-3-7-11-19/h2-13,20-22H,14-16H2,1H3,(H,26,27)/t20-,21-,22+/m0/s1. The van der Waals surface area contributed by atoms with Crippen LogP contribution < -0.4 is 5.32 Å². The Balaban J connectivity index is 1.51. The third kappa shape index (κ3) is 4.38. The molecule has 6 nitrogen and oxygen atoms in total. The fourth-order valence-corrected chi connectivity index (χ4v) is 4.67. The molecule has 3 atom stereocenters. The van der Waals surface area contributed by atoms with Crippen LogP contribution in [0.3, 0.4) is 0 Å². The van der Waals surface area contributed by atoms with Crippen molar-refractivity contribution in [1.82, 2.24) is 5.32 Å². The van der Waals surface area contributed by atoms with Gasteiger partial charge >= 0.3 is 11.9 Å². The van der Waals surface area contributed by atoms with E-state index >= 15 is 0 Å². The van der Waals surface area contributed by atoms with E-state index < -0.39 is 17.4 Å². The maximum absolute atomic E-state index is 12.6. The van der Waals surface area contributed by atoms with Crippen LogP contribution in [-0.2, 0) is 14.3 Å². The van der Waals surface area contributed by atoms with E-state index in [0.29, 0.717) is 17.5 Å². The van der Waals surface area contributed by atoms with Crippen molar-refractivity contribution in [1.29, 1.82) is 0 Å². The van der Waals surface area contributed by atoms with E-state index in [2.05, 4.69) is 11.4 Å². The Labute approximate surface area is 181 Å². The minimum atomic E-state index is -0.596. The predicted molar refractivity (Wildman–Crippen MR) is 114 cm³/mol. The van der Waals surface area contributed by atoms with Crippen molar-refractivity contribution in [3.63, 3.8) is 0 Å². The Morgan fingerprint density at radius 1 is 0.871 bits per heavy atom. The molecular weight excluding hydrogens is 394 g/mol. The Hall–Kier alpha value is -3.41. The van der Waals surface area contributed by atoms with Crippen molar-refractivity contribution < 1.29 is 23.9 Å². The average Bonchev–Trinajstić information content (AvgIpc) is 3.31. The van der Waals surface area contributed by atoms with Gasteiger partial charge in [0, 0.05) is 24.3 Å². The highest BCUT2D eigenvalue weighted by molar-refractivity contribution is 5.90. The van der Waals surface area contributed by atoms with Gasteiger partial charge in [-0.1, -0.05) is 48.6 Å². The van der Waals surface area contributed by atoms with Crippen LogP contribution in [0.25, 0.3) is 0 Å². The highest BCUT2D eigenvalue weighted by Crippen LogP contribution is 2.52. The number of hydrogen-bond donors (Lipinski definition) is 1. The number of benzene rings is 2. The number of hydrogen-bond acceptors (Lipinski definition) is 5. The second-order valence-electron chi connectivity index (χ2n) is 8.25. The van der Waals surface area contributed by atoms with Gasteiger partial charge in [0.05, 0.1) is 11.1 Å². The van der Waals surface area contributed by atoms with Gasteiger partial charge in [-0.3, -0.25) is 4.79 Å². The Kier molecular flexibility index (Phi) is 5.89. The number of amides is 1. The SMILES string of the molecule is CC(=O)N[C@@H]1[C@H]2C=C[C@@H]1C(COC(=O)c1ccccc1)(COC(=O)c1ccccc1)C2. The summed E-state index contributed by atoms with van der Waals surface area (Å²) >= 11 is 0. The van der Waals surface area contributed by atoms with E-state index in [1.54, 1.807) is 48.5 Å². The van der Waals surface area contributed by atoms with Gasteiger partial charge in [0.2, 0.25) is 5.91 Å². The molecule has 31 heavy (non-hydrogen) atoms. The minimum absolute atomic E-state index is 0.0893. The molecule has 160 valence electrons. The molecule has 0 aromatic heterocycles. The van der Waals surface area contributed by atoms with E-state index in [0.717, 1.165) is 0 Å². The molecule has 2 bridgehead atoms. The summed E-state index contributed by atoms with van der Waals surface area (Å²) in [6.45, 7) is 1.69. The summed E-state index contributed by atoms with van der Waals surface area (Å²) in [6.07, 6.45) is 4.78. The molecule has 0 spiro atoms. The van der Waals surface area contributed by atoms with Crippen LogP contribution in [0.15, 0.2) is 72.8 Å². The Morgan fingerprint density at radius 2 is 1.39 bits per heavy atom. The summed E-state index contributed by atoms with van der Waals surface area (Å²) in [5.74, 6) is -0.926. The molecule has 0 aliphatic heterocycles. The number of carbonyl (C=O) groups is 3. The zero-order chi connectivity index (χ0) is 21.8. The highest BCUT2D eigenvalue weighted by atomic mass is 16.5. The van der Waals surface area contributed by atoms with Crippen LogP contribution in [0.1, 0.15) is 34.1 Å². The number of ether oxygens (including phenoxy) is 2. The number of carbonyl (C=O) groups excluding carboxylic acids is 3. The molecule has 2 aliphatic rings. The average molecular weight is 419 g/mol. The first-order valence-corrected chi connectivity index (χ1v) is 10.4. The fraction of sp³-hybridized carbons (Fsp3) is 0.320. The molecule has 1 saturated carbocycles. The monoisotopic (exact) mass is 419 g/mol.